The molecule has 0 radical (unpaired) electrons. The van der Waals surface area contributed by atoms with Crippen molar-refractivity contribution in [1.82, 2.24) is 30.1 Å². The van der Waals surface area contributed by atoms with Crippen LogP contribution in [0.2, 0.25) is 0 Å². The molecule has 0 unspecified atom stereocenters. The highest BCUT2D eigenvalue weighted by Gasteiger charge is 2.15. The molecule has 0 spiro atoms. The summed E-state index contributed by atoms with van der Waals surface area (Å²) < 4.78 is 0. The number of anilines is 2. The number of H-pyrrole nitrogens is 1. The molecule has 0 saturated carbocycles. The van der Waals surface area contributed by atoms with Gasteiger partial charge in [-0.3, -0.25) is 5.10 Å². The van der Waals surface area contributed by atoms with Gasteiger partial charge in [-0.25, -0.2) is 24.7 Å². The smallest absolute Gasteiger partial charge is 0.358 e. The fraction of sp³-hybridized carbons (Fsp3) is 0.0556. The third-order valence-electron chi connectivity index (χ3n) is 4.10. The van der Waals surface area contributed by atoms with E-state index in [0.29, 0.717) is 23.4 Å². The Bertz CT molecular complexity index is 1260. The second-order valence-electron chi connectivity index (χ2n) is 5.98. The van der Waals surface area contributed by atoms with Gasteiger partial charge < -0.3 is 16.2 Å². The quantitative estimate of drug-likeness (QED) is 0.392. The molecule has 0 fully saturated rings. The zero-order chi connectivity index (χ0) is 20.4. The van der Waals surface area contributed by atoms with Crippen molar-refractivity contribution in [3.05, 3.63) is 53.6 Å². The number of benzene rings is 1. The van der Waals surface area contributed by atoms with Crippen molar-refractivity contribution in [1.29, 1.82) is 5.26 Å². The number of aromatic carboxylic acids is 1. The number of hydrogen-bond donors (Lipinski definition) is 4. The van der Waals surface area contributed by atoms with E-state index >= 15 is 0 Å². The van der Waals surface area contributed by atoms with E-state index in [2.05, 4.69) is 35.5 Å². The lowest BCUT2D eigenvalue weighted by Gasteiger charge is -2.09. The third-order valence-corrected chi connectivity index (χ3v) is 4.10. The van der Waals surface area contributed by atoms with Crippen molar-refractivity contribution in [3.63, 3.8) is 0 Å². The minimum atomic E-state index is -1.26. The Balaban J connectivity index is 1.52. The van der Waals surface area contributed by atoms with Gasteiger partial charge in [0.2, 0.25) is 0 Å². The predicted octanol–water partition coefficient (Wildman–Crippen LogP) is 1.57. The minimum Gasteiger partial charge on any atom is -0.476 e. The number of nitriles is 1. The second kappa shape index (κ2) is 7.20. The van der Waals surface area contributed by atoms with E-state index in [4.69, 9.17) is 11.0 Å². The zero-order valence-electron chi connectivity index (χ0n) is 14.8. The fourth-order valence-corrected chi connectivity index (χ4v) is 2.66. The second-order valence-corrected chi connectivity index (χ2v) is 5.98. The summed E-state index contributed by atoms with van der Waals surface area (Å²) in [5.74, 6) is -0.889. The van der Waals surface area contributed by atoms with Crippen LogP contribution in [0.15, 0.2) is 36.7 Å². The molecule has 1 aromatic carbocycles. The molecule has 3 heterocycles. The first kappa shape index (κ1) is 17.8. The molecule has 5 N–H and O–H groups in total. The molecule has 3 aromatic heterocycles. The van der Waals surface area contributed by atoms with Crippen molar-refractivity contribution >= 4 is 28.8 Å². The zero-order valence-corrected chi connectivity index (χ0v) is 14.8. The Morgan fingerprint density at radius 3 is 2.72 bits per heavy atom. The fourth-order valence-electron chi connectivity index (χ4n) is 2.66. The van der Waals surface area contributed by atoms with E-state index in [1.165, 1.54) is 6.20 Å². The van der Waals surface area contributed by atoms with Crippen LogP contribution in [0.4, 0.5) is 11.6 Å². The number of nitrogens with one attached hydrogen (secondary N) is 2. The van der Waals surface area contributed by atoms with Gasteiger partial charge in [-0.1, -0.05) is 24.3 Å². The molecule has 142 valence electrons. The number of carbonyl (C=O) groups is 1. The lowest BCUT2D eigenvalue weighted by Crippen LogP contribution is -2.11. The molecule has 0 aliphatic heterocycles. The highest BCUT2D eigenvalue weighted by atomic mass is 16.4. The van der Waals surface area contributed by atoms with Gasteiger partial charge in [0, 0.05) is 12.1 Å². The normalized spacial score (nSPS) is 10.6. The summed E-state index contributed by atoms with van der Waals surface area (Å²) in [5.41, 5.74) is 8.80. The van der Waals surface area contributed by atoms with E-state index in [9.17, 15) is 9.90 Å². The lowest BCUT2D eigenvalue weighted by atomic mass is 10.1. The molecule has 4 aromatic rings. The number of rotatable bonds is 5. The summed E-state index contributed by atoms with van der Waals surface area (Å²) in [5, 5.41) is 27.6. The van der Waals surface area contributed by atoms with Gasteiger partial charge in [-0.05, 0) is 5.56 Å². The van der Waals surface area contributed by atoms with Gasteiger partial charge in [0.25, 0.3) is 0 Å². The van der Waals surface area contributed by atoms with Gasteiger partial charge in [-0.15, -0.1) is 0 Å². The van der Waals surface area contributed by atoms with E-state index in [1.54, 1.807) is 12.3 Å². The molecule has 0 aliphatic carbocycles. The first-order chi connectivity index (χ1) is 14.0. The number of nitrogens with two attached hydrogens (primary N) is 1. The molecule has 4 rings (SSSR count). The number of nitrogens with zero attached hydrogens (tertiary/aromatic N) is 6. The van der Waals surface area contributed by atoms with Gasteiger partial charge in [0.1, 0.15) is 6.07 Å². The summed E-state index contributed by atoms with van der Waals surface area (Å²) in [7, 11) is 0. The van der Waals surface area contributed by atoms with Crippen LogP contribution in [-0.2, 0) is 6.54 Å². The van der Waals surface area contributed by atoms with Gasteiger partial charge in [0.15, 0.2) is 34.2 Å². The Kier molecular flexibility index (Phi) is 4.42. The molecule has 0 bridgehead atoms. The van der Waals surface area contributed by atoms with Crippen LogP contribution >= 0.6 is 0 Å². The average molecular weight is 387 g/mol. The van der Waals surface area contributed by atoms with Crippen LogP contribution < -0.4 is 11.1 Å². The molecule has 0 atom stereocenters. The molecular weight excluding hydrogens is 374 g/mol. The van der Waals surface area contributed by atoms with Gasteiger partial charge >= 0.3 is 5.97 Å². The van der Waals surface area contributed by atoms with Crippen LogP contribution in [0.25, 0.3) is 22.4 Å². The molecule has 0 aliphatic rings. The topological polar surface area (TPSA) is 179 Å². The van der Waals surface area contributed by atoms with Crippen molar-refractivity contribution in [2.45, 2.75) is 6.54 Å². The molecule has 0 saturated heterocycles. The maximum atomic E-state index is 11.3. The third kappa shape index (κ3) is 3.50. The average Bonchev–Trinajstić information content (AvgIpc) is 3.12. The van der Waals surface area contributed by atoms with Gasteiger partial charge in [-0.2, -0.15) is 10.4 Å². The summed E-state index contributed by atoms with van der Waals surface area (Å²) in [4.78, 5) is 27.8. The van der Waals surface area contributed by atoms with Crippen LogP contribution in [0, 0.1) is 11.3 Å². The summed E-state index contributed by atoms with van der Waals surface area (Å²) in [6, 6.07) is 9.23. The summed E-state index contributed by atoms with van der Waals surface area (Å²) in [6.07, 6.45) is 2.84. The lowest BCUT2D eigenvalue weighted by molar-refractivity contribution is 0.0691. The number of fused-ring (bicyclic) bond motifs is 1. The van der Waals surface area contributed by atoms with Crippen molar-refractivity contribution in [2.75, 3.05) is 11.1 Å². The van der Waals surface area contributed by atoms with Crippen molar-refractivity contribution < 1.29 is 9.90 Å². The SMILES string of the molecule is N#Cc1cnc(NCc2ccc(-c3cnc4[nH]nc(N)c4n3)cc2)c(C(=O)O)n1. The van der Waals surface area contributed by atoms with E-state index in [-0.39, 0.29) is 23.0 Å². The number of nitrogen functional groups attached to an aromatic ring is 1. The number of carboxylic acids is 1. The van der Waals surface area contributed by atoms with E-state index in [0.717, 1.165) is 11.1 Å². The van der Waals surface area contributed by atoms with Crippen LogP contribution in [0.1, 0.15) is 21.7 Å². The monoisotopic (exact) mass is 387 g/mol. The largest absolute Gasteiger partial charge is 0.476 e. The highest BCUT2D eigenvalue weighted by Crippen LogP contribution is 2.21. The van der Waals surface area contributed by atoms with Crippen LogP contribution in [0.5, 0.6) is 0 Å². The number of hydrogen-bond acceptors (Lipinski definition) is 9. The Labute approximate surface area is 163 Å². The van der Waals surface area contributed by atoms with Crippen molar-refractivity contribution in [3.8, 4) is 17.3 Å². The standard InChI is InChI=1S/C18H13N9O2/c19-5-11-7-22-16(14(24-11)18(28)29)21-6-9-1-3-10(4-2-9)12-8-23-17-13(25-12)15(20)26-27-17/h1-4,7-8H,6H2,(H,21,22)(H,28,29)(H3,20,23,26,27). The first-order valence-electron chi connectivity index (χ1n) is 8.35. The number of aromatic amines is 1. The number of aromatic nitrogens is 6. The molecule has 0 amide bonds. The van der Waals surface area contributed by atoms with E-state index < -0.39 is 5.97 Å². The predicted molar refractivity (Wildman–Crippen MR) is 103 cm³/mol. The Morgan fingerprint density at radius 2 is 2.00 bits per heavy atom. The molecule has 11 heteroatoms. The maximum absolute atomic E-state index is 11.3. The Hall–Kier alpha value is -4.59. The first-order valence-corrected chi connectivity index (χ1v) is 8.35. The summed E-state index contributed by atoms with van der Waals surface area (Å²) in [6.45, 7) is 0.320. The number of carboxylic acid groups (broad SMARTS) is 1. The molecule has 11 nitrogen and oxygen atoms in total. The Morgan fingerprint density at radius 1 is 1.21 bits per heavy atom. The van der Waals surface area contributed by atoms with Crippen LogP contribution in [-0.4, -0.2) is 41.2 Å². The molecule has 29 heavy (non-hydrogen) atoms. The maximum Gasteiger partial charge on any atom is 0.358 e. The minimum absolute atomic E-state index is 0.0614. The molecular formula is C18H13N9O2. The van der Waals surface area contributed by atoms with Crippen molar-refractivity contribution in [2.24, 2.45) is 0 Å². The summed E-state index contributed by atoms with van der Waals surface area (Å²) >= 11 is 0. The van der Waals surface area contributed by atoms with Gasteiger partial charge in [0.05, 0.1) is 18.1 Å². The van der Waals surface area contributed by atoms with Crippen LogP contribution in [0.3, 0.4) is 0 Å². The van der Waals surface area contributed by atoms with E-state index in [1.807, 2.05) is 24.3 Å². The highest BCUT2D eigenvalue weighted by molar-refractivity contribution is 5.90.